The minimum Gasteiger partial charge on any atom is -0.486 e. The van der Waals surface area contributed by atoms with Crippen LogP contribution in [0.3, 0.4) is 0 Å². The third kappa shape index (κ3) is 4.51. The van der Waals surface area contributed by atoms with E-state index in [1.54, 1.807) is 10.7 Å². The van der Waals surface area contributed by atoms with Crippen LogP contribution in [0.2, 0.25) is 0 Å². The number of amides is 1. The molecule has 1 aromatic carbocycles. The molecule has 7 heteroatoms. The molecule has 30 heavy (non-hydrogen) atoms. The molecule has 1 N–H and O–H groups in total. The van der Waals surface area contributed by atoms with Crippen molar-refractivity contribution in [3.8, 4) is 5.75 Å². The van der Waals surface area contributed by atoms with Crippen molar-refractivity contribution in [2.45, 2.75) is 26.4 Å². The molecule has 3 aromatic heterocycles. The van der Waals surface area contributed by atoms with Crippen molar-refractivity contribution < 1.29 is 9.53 Å². The number of fused-ring (bicyclic) bond motifs is 1. The van der Waals surface area contributed by atoms with Crippen molar-refractivity contribution in [3.63, 3.8) is 0 Å². The zero-order valence-electron chi connectivity index (χ0n) is 17.2. The summed E-state index contributed by atoms with van der Waals surface area (Å²) in [5.74, 6) is 0.415. The summed E-state index contributed by atoms with van der Waals surface area (Å²) in [6.45, 7) is 2.92. The van der Waals surface area contributed by atoms with E-state index in [0.29, 0.717) is 24.5 Å². The summed E-state index contributed by atoms with van der Waals surface area (Å²) >= 11 is 0. The van der Waals surface area contributed by atoms with Crippen molar-refractivity contribution in [2.24, 2.45) is 7.05 Å². The highest BCUT2D eigenvalue weighted by atomic mass is 16.5. The molecule has 0 aliphatic heterocycles. The number of hydrogen-bond donors (Lipinski definition) is 1. The van der Waals surface area contributed by atoms with Crippen molar-refractivity contribution >= 4 is 11.6 Å². The second-order valence-electron chi connectivity index (χ2n) is 7.32. The van der Waals surface area contributed by atoms with Gasteiger partial charge in [0.2, 0.25) is 0 Å². The van der Waals surface area contributed by atoms with E-state index < -0.39 is 0 Å². The molecule has 0 unspecified atom stereocenters. The molecule has 1 amide bonds. The van der Waals surface area contributed by atoms with Crippen molar-refractivity contribution in [2.75, 3.05) is 6.54 Å². The van der Waals surface area contributed by atoms with Gasteiger partial charge in [0.15, 0.2) is 0 Å². The van der Waals surface area contributed by atoms with Gasteiger partial charge in [-0.15, -0.1) is 0 Å². The number of benzene rings is 1. The number of hydrogen-bond acceptors (Lipinski definition) is 4. The van der Waals surface area contributed by atoms with Gasteiger partial charge in [-0.25, -0.2) is 4.98 Å². The molecule has 0 aliphatic rings. The lowest BCUT2D eigenvalue weighted by atomic mass is 10.1. The number of carbonyl (C=O) groups excluding carboxylic acids is 1. The topological polar surface area (TPSA) is 73.5 Å². The average Bonchev–Trinajstić information content (AvgIpc) is 3.36. The molecule has 4 aromatic rings. The maximum atomic E-state index is 12.7. The molecule has 0 bridgehead atoms. The fraction of sp³-hybridized carbons (Fsp3) is 0.261. The molecule has 0 aliphatic carbocycles. The minimum absolute atomic E-state index is 0.136. The normalized spacial score (nSPS) is 11.0. The first-order valence-corrected chi connectivity index (χ1v) is 10.0. The number of para-hydroxylation sites is 1. The first-order valence-electron chi connectivity index (χ1n) is 10.0. The summed E-state index contributed by atoms with van der Waals surface area (Å²) in [7, 11) is 1.90. The number of imidazole rings is 1. The van der Waals surface area contributed by atoms with Crippen LogP contribution < -0.4 is 10.1 Å². The summed E-state index contributed by atoms with van der Waals surface area (Å²) in [6, 6.07) is 11.3. The molecule has 0 spiro atoms. The maximum absolute atomic E-state index is 12.7. The SMILES string of the molecule is Cc1cccn2cc(COc3ccccc3C(=O)NCCCc3cnn(C)c3)nc12. The molecule has 0 fully saturated rings. The first-order chi connectivity index (χ1) is 14.6. The van der Waals surface area contributed by atoms with Gasteiger partial charge in [-0.2, -0.15) is 5.10 Å². The molecule has 4 rings (SSSR count). The Morgan fingerprint density at radius 2 is 2.03 bits per heavy atom. The third-order valence-corrected chi connectivity index (χ3v) is 4.92. The predicted molar refractivity (Wildman–Crippen MR) is 115 cm³/mol. The number of nitrogens with one attached hydrogen (secondary N) is 1. The third-order valence-electron chi connectivity index (χ3n) is 4.92. The molecule has 3 heterocycles. The van der Waals surface area contributed by atoms with E-state index in [9.17, 15) is 4.79 Å². The largest absolute Gasteiger partial charge is 0.486 e. The van der Waals surface area contributed by atoms with Crippen molar-refractivity contribution in [1.82, 2.24) is 24.5 Å². The maximum Gasteiger partial charge on any atom is 0.255 e. The van der Waals surface area contributed by atoms with E-state index >= 15 is 0 Å². The van der Waals surface area contributed by atoms with Gasteiger partial charge in [0.05, 0.1) is 17.5 Å². The fourth-order valence-electron chi connectivity index (χ4n) is 3.40. The summed E-state index contributed by atoms with van der Waals surface area (Å²) in [5.41, 5.74) is 4.53. The highest BCUT2D eigenvalue weighted by Gasteiger charge is 2.13. The summed E-state index contributed by atoms with van der Waals surface area (Å²) in [5, 5.41) is 7.14. The Morgan fingerprint density at radius 3 is 2.83 bits per heavy atom. The second-order valence-corrected chi connectivity index (χ2v) is 7.32. The highest BCUT2D eigenvalue weighted by molar-refractivity contribution is 5.96. The zero-order chi connectivity index (χ0) is 20.9. The fourth-order valence-corrected chi connectivity index (χ4v) is 3.40. The molecule has 0 saturated carbocycles. The number of rotatable bonds is 8. The standard InChI is InChI=1S/C23H25N5O2/c1-17-7-6-12-28-15-19(26-22(17)28)16-30-21-10-4-3-9-20(21)23(29)24-11-5-8-18-13-25-27(2)14-18/h3-4,6-7,9-10,12-15H,5,8,11,16H2,1-2H3,(H,24,29). The van der Waals surface area contributed by atoms with Gasteiger partial charge in [-0.3, -0.25) is 9.48 Å². The lowest BCUT2D eigenvalue weighted by molar-refractivity contribution is 0.0948. The number of aromatic nitrogens is 4. The van der Waals surface area contributed by atoms with Crippen LogP contribution in [-0.4, -0.2) is 31.6 Å². The molecule has 7 nitrogen and oxygen atoms in total. The monoisotopic (exact) mass is 403 g/mol. The number of aryl methyl sites for hydroxylation is 3. The van der Waals surface area contributed by atoms with Gasteiger partial charge >= 0.3 is 0 Å². The number of pyridine rings is 1. The van der Waals surface area contributed by atoms with E-state index in [-0.39, 0.29) is 5.91 Å². The van der Waals surface area contributed by atoms with E-state index in [1.165, 1.54) is 0 Å². The zero-order valence-corrected chi connectivity index (χ0v) is 17.2. The molecule has 0 radical (unpaired) electrons. The first kappa shape index (κ1) is 19.7. The van der Waals surface area contributed by atoms with Crippen LogP contribution >= 0.6 is 0 Å². The quantitative estimate of drug-likeness (QED) is 0.458. The van der Waals surface area contributed by atoms with Gasteiger partial charge in [0.25, 0.3) is 5.91 Å². The van der Waals surface area contributed by atoms with Crippen LogP contribution in [0.15, 0.2) is 61.2 Å². The van der Waals surface area contributed by atoms with Crippen LogP contribution in [0.25, 0.3) is 5.65 Å². The number of carbonyl (C=O) groups is 1. The number of nitrogens with zero attached hydrogens (tertiary/aromatic N) is 4. The van der Waals surface area contributed by atoms with Crippen LogP contribution in [0.5, 0.6) is 5.75 Å². The van der Waals surface area contributed by atoms with Crippen molar-refractivity contribution in [1.29, 1.82) is 0 Å². The summed E-state index contributed by atoms with van der Waals surface area (Å²) in [4.78, 5) is 17.3. The molecular weight excluding hydrogens is 378 g/mol. The Labute approximate surface area is 175 Å². The molecule has 0 atom stereocenters. The van der Waals surface area contributed by atoms with E-state index in [2.05, 4.69) is 15.4 Å². The molecule has 0 saturated heterocycles. The Morgan fingerprint density at radius 1 is 1.17 bits per heavy atom. The Balaban J connectivity index is 1.35. The smallest absolute Gasteiger partial charge is 0.255 e. The van der Waals surface area contributed by atoms with Gasteiger partial charge < -0.3 is 14.5 Å². The van der Waals surface area contributed by atoms with Crippen LogP contribution in [0.1, 0.15) is 33.6 Å². The van der Waals surface area contributed by atoms with Crippen LogP contribution in [0, 0.1) is 6.92 Å². The van der Waals surface area contributed by atoms with Gasteiger partial charge in [0, 0.05) is 32.2 Å². The predicted octanol–water partition coefficient (Wildman–Crippen LogP) is 3.32. The average molecular weight is 403 g/mol. The van der Waals surface area contributed by atoms with Gasteiger partial charge in [-0.1, -0.05) is 18.2 Å². The number of ether oxygens (including phenoxy) is 1. The molecular formula is C23H25N5O2. The van der Waals surface area contributed by atoms with E-state index in [4.69, 9.17) is 4.74 Å². The van der Waals surface area contributed by atoms with Crippen LogP contribution in [-0.2, 0) is 20.1 Å². The lowest BCUT2D eigenvalue weighted by Crippen LogP contribution is -2.25. The summed E-state index contributed by atoms with van der Waals surface area (Å²) < 4.78 is 9.71. The second kappa shape index (κ2) is 8.82. The highest BCUT2D eigenvalue weighted by Crippen LogP contribution is 2.20. The van der Waals surface area contributed by atoms with E-state index in [1.807, 2.05) is 73.5 Å². The Hall–Kier alpha value is -3.61. The Kier molecular flexibility index (Phi) is 5.79. The summed E-state index contributed by atoms with van der Waals surface area (Å²) in [6.07, 6.45) is 9.48. The minimum atomic E-state index is -0.136. The van der Waals surface area contributed by atoms with Gasteiger partial charge in [0.1, 0.15) is 18.0 Å². The molecule has 154 valence electrons. The van der Waals surface area contributed by atoms with Crippen LogP contribution in [0.4, 0.5) is 0 Å². The van der Waals surface area contributed by atoms with Gasteiger partial charge in [-0.05, 0) is 49.1 Å². The van der Waals surface area contributed by atoms with E-state index in [0.717, 1.165) is 35.3 Å². The van der Waals surface area contributed by atoms with Crippen molar-refractivity contribution in [3.05, 3.63) is 83.6 Å². The lowest BCUT2D eigenvalue weighted by Gasteiger charge is -2.11. The Bertz CT molecular complexity index is 1160.